The van der Waals surface area contributed by atoms with Gasteiger partial charge in [0.1, 0.15) is 11.7 Å². The Morgan fingerprint density at radius 2 is 1.44 bits per heavy atom. The highest BCUT2D eigenvalue weighted by atomic mass is 16.6. The lowest BCUT2D eigenvalue weighted by atomic mass is 9.51. The second kappa shape index (κ2) is 6.26. The van der Waals surface area contributed by atoms with Gasteiger partial charge in [0.05, 0.1) is 18.7 Å². The predicted octanol–water partition coefficient (Wildman–Crippen LogP) is 3.48. The summed E-state index contributed by atoms with van der Waals surface area (Å²) in [4.78, 5) is 41.2. The summed E-state index contributed by atoms with van der Waals surface area (Å²) >= 11 is 0. The van der Waals surface area contributed by atoms with Gasteiger partial charge in [0.25, 0.3) is 5.54 Å². The van der Waals surface area contributed by atoms with Crippen LogP contribution in [0.1, 0.15) is 28.2 Å². The molecule has 7 heteroatoms. The number of nitro groups is 1. The van der Waals surface area contributed by atoms with Crippen molar-refractivity contribution in [1.82, 2.24) is 0 Å². The molecule has 1 aliphatic heterocycles. The molecule has 1 saturated heterocycles. The van der Waals surface area contributed by atoms with Crippen LogP contribution in [0.2, 0.25) is 0 Å². The van der Waals surface area contributed by atoms with E-state index in [1.807, 2.05) is 24.3 Å². The Bertz CT molecular complexity index is 1270. The Kier molecular flexibility index (Phi) is 3.67. The van der Waals surface area contributed by atoms with Crippen molar-refractivity contribution in [2.24, 2.45) is 11.8 Å². The van der Waals surface area contributed by atoms with Crippen LogP contribution in [0.25, 0.3) is 0 Å². The molecule has 4 aliphatic rings. The van der Waals surface area contributed by atoms with E-state index in [9.17, 15) is 19.7 Å². The molecular weight excluding hydrogens is 408 g/mol. The molecule has 158 valence electrons. The zero-order chi connectivity index (χ0) is 22.2. The smallest absolute Gasteiger partial charge is 0.285 e. The quantitative estimate of drug-likeness (QED) is 0.363. The molecule has 0 N–H and O–H groups in total. The van der Waals surface area contributed by atoms with Crippen LogP contribution in [0.4, 0.5) is 5.69 Å². The summed E-state index contributed by atoms with van der Waals surface area (Å²) in [6.07, 6.45) is 0. The maximum Gasteiger partial charge on any atom is 0.285 e. The first-order valence-electron chi connectivity index (χ1n) is 10.4. The molecule has 7 rings (SSSR count). The molecule has 0 radical (unpaired) electrons. The van der Waals surface area contributed by atoms with Gasteiger partial charge in [-0.25, -0.2) is 4.90 Å². The van der Waals surface area contributed by atoms with Crippen molar-refractivity contribution < 1.29 is 19.2 Å². The van der Waals surface area contributed by atoms with Gasteiger partial charge < -0.3 is 4.74 Å². The van der Waals surface area contributed by atoms with E-state index >= 15 is 0 Å². The van der Waals surface area contributed by atoms with Gasteiger partial charge in [-0.2, -0.15) is 0 Å². The number of ether oxygens (including phenoxy) is 1. The van der Waals surface area contributed by atoms with E-state index in [0.29, 0.717) is 22.6 Å². The van der Waals surface area contributed by atoms with Gasteiger partial charge in [0, 0.05) is 22.0 Å². The molecular formula is C25H18N2O5. The zero-order valence-electron chi connectivity index (χ0n) is 17.1. The van der Waals surface area contributed by atoms with E-state index in [4.69, 9.17) is 4.74 Å². The third-order valence-corrected chi connectivity index (χ3v) is 7.19. The van der Waals surface area contributed by atoms with Gasteiger partial charge in [-0.05, 0) is 35.4 Å². The minimum atomic E-state index is -1.80. The van der Waals surface area contributed by atoms with Gasteiger partial charge >= 0.3 is 0 Å². The second-order valence-corrected chi connectivity index (χ2v) is 8.39. The Morgan fingerprint density at radius 3 is 1.97 bits per heavy atom. The first-order chi connectivity index (χ1) is 15.5. The highest BCUT2D eigenvalue weighted by molar-refractivity contribution is 6.23. The number of anilines is 1. The molecule has 1 fully saturated rings. The van der Waals surface area contributed by atoms with E-state index in [2.05, 4.69) is 0 Å². The van der Waals surface area contributed by atoms with Crippen LogP contribution in [0.3, 0.4) is 0 Å². The molecule has 3 aliphatic carbocycles. The number of hydrogen-bond acceptors (Lipinski definition) is 5. The van der Waals surface area contributed by atoms with Gasteiger partial charge in [-0.15, -0.1) is 0 Å². The lowest BCUT2D eigenvalue weighted by Crippen LogP contribution is -2.57. The maximum atomic E-state index is 13.8. The number of imide groups is 1. The summed E-state index contributed by atoms with van der Waals surface area (Å²) in [6, 6.07) is 20.9. The number of amides is 2. The molecule has 2 atom stereocenters. The number of hydrogen-bond donors (Lipinski definition) is 0. The van der Waals surface area contributed by atoms with Crippen LogP contribution in [0.5, 0.6) is 5.75 Å². The van der Waals surface area contributed by atoms with Gasteiger partial charge in [-0.3, -0.25) is 19.7 Å². The zero-order valence-corrected chi connectivity index (χ0v) is 17.1. The number of rotatable bonds is 3. The van der Waals surface area contributed by atoms with E-state index in [1.54, 1.807) is 48.5 Å². The van der Waals surface area contributed by atoms with Gasteiger partial charge in [0.15, 0.2) is 0 Å². The number of carbonyl (C=O) groups is 2. The fourth-order valence-electron chi connectivity index (χ4n) is 6.03. The standard InChI is InChI=1S/C25H18N2O5/c1-32-15-12-10-14(11-13-15)26-23(28)21-20-16-6-2-4-8-18(16)25(27(30)31,22(21)24(26)29)19-9-5-3-7-17(19)20/h2-13,20-22H,1H3. The Morgan fingerprint density at radius 1 is 0.875 bits per heavy atom. The van der Waals surface area contributed by atoms with Crippen molar-refractivity contribution in [2.45, 2.75) is 11.5 Å². The first-order valence-corrected chi connectivity index (χ1v) is 10.4. The predicted molar refractivity (Wildman–Crippen MR) is 115 cm³/mol. The fourth-order valence-corrected chi connectivity index (χ4v) is 6.03. The van der Waals surface area contributed by atoms with Crippen LogP contribution >= 0.6 is 0 Å². The van der Waals surface area contributed by atoms with Gasteiger partial charge in [0.2, 0.25) is 11.8 Å². The number of carbonyl (C=O) groups excluding carboxylic acids is 2. The lowest BCUT2D eigenvalue weighted by molar-refractivity contribution is -0.578. The Labute approximate surface area is 183 Å². The molecule has 3 aromatic rings. The fraction of sp³-hybridized carbons (Fsp3) is 0.200. The minimum Gasteiger partial charge on any atom is -0.497 e. The van der Waals surface area contributed by atoms with E-state index < -0.39 is 35.1 Å². The van der Waals surface area contributed by atoms with Crippen molar-refractivity contribution in [3.63, 3.8) is 0 Å². The summed E-state index contributed by atoms with van der Waals surface area (Å²) in [5.41, 5.74) is 1.10. The molecule has 0 aromatic heterocycles. The average molecular weight is 426 g/mol. The number of benzene rings is 3. The molecule has 7 nitrogen and oxygen atoms in total. The minimum absolute atomic E-state index is 0.361. The summed E-state index contributed by atoms with van der Waals surface area (Å²) in [5, 5.41) is 12.9. The molecule has 3 aromatic carbocycles. The van der Waals surface area contributed by atoms with Crippen molar-refractivity contribution in [2.75, 3.05) is 12.0 Å². The third-order valence-electron chi connectivity index (χ3n) is 7.19. The van der Waals surface area contributed by atoms with Crippen LogP contribution in [0, 0.1) is 22.0 Å². The highest BCUT2D eigenvalue weighted by Crippen LogP contribution is 2.64. The van der Waals surface area contributed by atoms with Crippen LogP contribution in [-0.4, -0.2) is 23.8 Å². The van der Waals surface area contributed by atoms with Gasteiger partial charge in [-0.1, -0.05) is 48.5 Å². The Hall–Kier alpha value is -4.00. The molecule has 32 heavy (non-hydrogen) atoms. The summed E-state index contributed by atoms with van der Waals surface area (Å²) in [7, 11) is 1.53. The highest BCUT2D eigenvalue weighted by Gasteiger charge is 2.74. The van der Waals surface area contributed by atoms with Crippen molar-refractivity contribution in [3.8, 4) is 5.75 Å². The van der Waals surface area contributed by atoms with E-state index in [-0.39, 0.29) is 4.92 Å². The average Bonchev–Trinajstić information content (AvgIpc) is 3.09. The maximum absolute atomic E-state index is 13.8. The summed E-state index contributed by atoms with van der Waals surface area (Å²) in [5.74, 6) is -2.69. The molecule has 2 amide bonds. The van der Waals surface area contributed by atoms with E-state index in [1.165, 1.54) is 7.11 Å². The van der Waals surface area contributed by atoms with Crippen LogP contribution in [-0.2, 0) is 15.1 Å². The monoisotopic (exact) mass is 426 g/mol. The number of nitrogens with zero attached hydrogens (tertiary/aromatic N) is 2. The largest absolute Gasteiger partial charge is 0.497 e. The molecule has 0 spiro atoms. The third kappa shape index (κ3) is 2.01. The summed E-state index contributed by atoms with van der Waals surface area (Å²) < 4.78 is 5.18. The van der Waals surface area contributed by atoms with Crippen molar-refractivity contribution in [3.05, 3.63) is 105 Å². The normalized spacial score (nSPS) is 27.0. The molecule has 2 bridgehead atoms. The second-order valence-electron chi connectivity index (χ2n) is 8.39. The van der Waals surface area contributed by atoms with Crippen molar-refractivity contribution in [1.29, 1.82) is 0 Å². The first kappa shape index (κ1) is 18.7. The molecule has 0 saturated carbocycles. The van der Waals surface area contributed by atoms with Crippen molar-refractivity contribution >= 4 is 17.5 Å². The Balaban J connectivity index is 1.63. The van der Waals surface area contributed by atoms with E-state index in [0.717, 1.165) is 16.0 Å². The number of methoxy groups -OCH3 is 1. The topological polar surface area (TPSA) is 89.8 Å². The lowest BCUT2D eigenvalue weighted by Gasteiger charge is -2.48. The summed E-state index contributed by atoms with van der Waals surface area (Å²) in [6.45, 7) is 0. The molecule has 2 unspecified atom stereocenters. The van der Waals surface area contributed by atoms with Crippen LogP contribution in [0.15, 0.2) is 72.8 Å². The SMILES string of the molecule is COc1ccc(N2C(=O)C3C4c5ccccc5C([N+](=O)[O-])(c5ccccc54)C3C2=O)cc1. The van der Waals surface area contributed by atoms with Crippen LogP contribution < -0.4 is 9.64 Å². The molecule has 1 heterocycles.